The average Bonchev–Trinajstić information content (AvgIpc) is 3.19. The molecular formula is C15H19N5O. The zero-order valence-electron chi connectivity index (χ0n) is 11.8. The number of carbonyl (C=O) groups is 1. The van der Waals surface area contributed by atoms with Gasteiger partial charge in [0.15, 0.2) is 0 Å². The maximum atomic E-state index is 12.5. The van der Waals surface area contributed by atoms with E-state index in [2.05, 4.69) is 15.4 Å². The Hall–Kier alpha value is -2.21. The molecule has 0 saturated heterocycles. The molecule has 6 nitrogen and oxygen atoms in total. The highest BCUT2D eigenvalue weighted by Crippen LogP contribution is 2.32. The van der Waals surface area contributed by atoms with Crippen LogP contribution < -0.4 is 11.1 Å². The van der Waals surface area contributed by atoms with Gasteiger partial charge in [0, 0.05) is 5.92 Å². The van der Waals surface area contributed by atoms with Gasteiger partial charge in [-0.3, -0.25) is 4.79 Å². The number of hydrogen-bond donors (Lipinski definition) is 2. The number of rotatable bonds is 4. The Kier molecular flexibility index (Phi) is 3.96. The van der Waals surface area contributed by atoms with Crippen molar-refractivity contribution >= 4 is 11.6 Å². The van der Waals surface area contributed by atoms with Crippen molar-refractivity contribution in [3.8, 4) is 5.69 Å². The van der Waals surface area contributed by atoms with Gasteiger partial charge in [-0.1, -0.05) is 18.6 Å². The van der Waals surface area contributed by atoms with Crippen LogP contribution in [0, 0.1) is 11.8 Å². The Morgan fingerprint density at radius 2 is 2.24 bits per heavy atom. The van der Waals surface area contributed by atoms with Crippen molar-refractivity contribution in [3.05, 3.63) is 36.9 Å². The number of anilines is 1. The summed E-state index contributed by atoms with van der Waals surface area (Å²) in [7, 11) is 0. The van der Waals surface area contributed by atoms with Crippen LogP contribution in [0.1, 0.15) is 19.3 Å². The Morgan fingerprint density at radius 1 is 1.38 bits per heavy atom. The molecule has 0 spiro atoms. The van der Waals surface area contributed by atoms with E-state index in [-0.39, 0.29) is 11.8 Å². The largest absolute Gasteiger partial charge is 0.330 e. The fraction of sp³-hybridized carbons (Fsp3) is 0.400. The van der Waals surface area contributed by atoms with Crippen molar-refractivity contribution in [2.45, 2.75) is 19.3 Å². The van der Waals surface area contributed by atoms with Gasteiger partial charge >= 0.3 is 0 Å². The number of para-hydroxylation sites is 2. The molecule has 0 aliphatic heterocycles. The number of nitrogens with one attached hydrogen (secondary N) is 1. The van der Waals surface area contributed by atoms with Gasteiger partial charge in [-0.25, -0.2) is 9.67 Å². The molecule has 0 radical (unpaired) electrons. The number of hydrogen-bond acceptors (Lipinski definition) is 4. The topological polar surface area (TPSA) is 85.8 Å². The highest BCUT2D eigenvalue weighted by molar-refractivity contribution is 5.94. The number of benzene rings is 1. The molecule has 21 heavy (non-hydrogen) atoms. The van der Waals surface area contributed by atoms with E-state index in [1.807, 2.05) is 24.3 Å². The first-order chi connectivity index (χ1) is 10.3. The van der Waals surface area contributed by atoms with Crippen LogP contribution in [0.5, 0.6) is 0 Å². The van der Waals surface area contributed by atoms with Gasteiger partial charge in [0.1, 0.15) is 12.7 Å². The van der Waals surface area contributed by atoms with E-state index in [0.29, 0.717) is 12.5 Å². The molecule has 0 bridgehead atoms. The average molecular weight is 285 g/mol. The maximum absolute atomic E-state index is 12.5. The third-order valence-electron chi connectivity index (χ3n) is 4.13. The van der Waals surface area contributed by atoms with Crippen molar-refractivity contribution in [1.82, 2.24) is 14.8 Å². The second kappa shape index (κ2) is 6.05. The van der Waals surface area contributed by atoms with E-state index in [0.717, 1.165) is 30.6 Å². The molecule has 1 aromatic carbocycles. The fourth-order valence-electron chi connectivity index (χ4n) is 3.00. The molecule has 2 aromatic rings. The van der Waals surface area contributed by atoms with Crippen molar-refractivity contribution in [3.63, 3.8) is 0 Å². The third kappa shape index (κ3) is 2.80. The maximum Gasteiger partial charge on any atom is 0.227 e. The molecule has 1 aliphatic carbocycles. The summed E-state index contributed by atoms with van der Waals surface area (Å²) in [5, 5.41) is 7.14. The highest BCUT2D eigenvalue weighted by atomic mass is 16.1. The van der Waals surface area contributed by atoms with Gasteiger partial charge < -0.3 is 11.1 Å². The van der Waals surface area contributed by atoms with Gasteiger partial charge in [0.05, 0.1) is 11.4 Å². The highest BCUT2D eigenvalue weighted by Gasteiger charge is 2.32. The molecule has 2 atom stereocenters. The van der Waals surface area contributed by atoms with Crippen LogP contribution >= 0.6 is 0 Å². The van der Waals surface area contributed by atoms with Gasteiger partial charge in [-0.05, 0) is 37.4 Å². The predicted molar refractivity (Wildman–Crippen MR) is 79.9 cm³/mol. The molecule has 1 aliphatic rings. The summed E-state index contributed by atoms with van der Waals surface area (Å²) >= 11 is 0. The number of aromatic nitrogens is 3. The van der Waals surface area contributed by atoms with Gasteiger partial charge in [0.25, 0.3) is 0 Å². The number of nitrogens with two attached hydrogens (primary N) is 1. The summed E-state index contributed by atoms with van der Waals surface area (Å²) in [4.78, 5) is 16.4. The minimum atomic E-state index is 0.0128. The van der Waals surface area contributed by atoms with Crippen molar-refractivity contribution in [2.24, 2.45) is 17.6 Å². The first-order valence-electron chi connectivity index (χ1n) is 7.24. The third-order valence-corrected chi connectivity index (χ3v) is 4.13. The summed E-state index contributed by atoms with van der Waals surface area (Å²) < 4.78 is 1.64. The van der Waals surface area contributed by atoms with Crippen molar-refractivity contribution < 1.29 is 4.79 Å². The molecule has 1 saturated carbocycles. The molecule has 1 fully saturated rings. The zero-order valence-corrected chi connectivity index (χ0v) is 11.8. The molecule has 1 heterocycles. The second-order valence-corrected chi connectivity index (χ2v) is 5.38. The monoisotopic (exact) mass is 285 g/mol. The molecule has 1 aromatic heterocycles. The Labute approximate surface area is 123 Å². The predicted octanol–water partition coefficient (Wildman–Crippen LogP) is 1.58. The Balaban J connectivity index is 1.81. The van der Waals surface area contributed by atoms with Crippen molar-refractivity contribution in [1.29, 1.82) is 0 Å². The molecule has 3 N–H and O–H groups in total. The van der Waals surface area contributed by atoms with Crippen LogP contribution in [-0.4, -0.2) is 27.2 Å². The fourth-order valence-corrected chi connectivity index (χ4v) is 3.00. The number of nitrogens with zero attached hydrogens (tertiary/aromatic N) is 3. The van der Waals surface area contributed by atoms with Crippen LogP contribution in [0.3, 0.4) is 0 Å². The first kappa shape index (κ1) is 13.8. The summed E-state index contributed by atoms with van der Waals surface area (Å²) in [6.45, 7) is 0.572. The van der Waals surface area contributed by atoms with Crippen LogP contribution in [0.25, 0.3) is 5.69 Å². The summed E-state index contributed by atoms with van der Waals surface area (Å²) in [5.41, 5.74) is 7.32. The Morgan fingerprint density at radius 3 is 3.00 bits per heavy atom. The zero-order chi connectivity index (χ0) is 14.7. The van der Waals surface area contributed by atoms with Gasteiger partial charge in [-0.2, -0.15) is 5.10 Å². The first-order valence-corrected chi connectivity index (χ1v) is 7.24. The molecule has 110 valence electrons. The van der Waals surface area contributed by atoms with Gasteiger partial charge in [-0.15, -0.1) is 0 Å². The quantitative estimate of drug-likeness (QED) is 0.893. The molecule has 3 rings (SSSR count). The molecule has 6 heteroatoms. The standard InChI is InChI=1S/C15H19N5O/c16-8-11-4-3-5-12(11)15(21)19-13-6-1-2-7-14(13)20-10-17-9-18-20/h1-2,6-7,9-12H,3-5,8,16H2,(H,19,21). The summed E-state index contributed by atoms with van der Waals surface area (Å²) in [6.07, 6.45) is 6.12. The second-order valence-electron chi connectivity index (χ2n) is 5.38. The van der Waals surface area contributed by atoms with E-state index in [1.165, 1.54) is 6.33 Å². The molecular weight excluding hydrogens is 266 g/mol. The summed E-state index contributed by atoms with van der Waals surface area (Å²) in [6, 6.07) is 7.58. The van der Waals surface area contributed by atoms with Gasteiger partial charge in [0.2, 0.25) is 5.91 Å². The van der Waals surface area contributed by atoms with Crippen LogP contribution in [0.15, 0.2) is 36.9 Å². The lowest BCUT2D eigenvalue weighted by molar-refractivity contribution is -0.120. The SMILES string of the molecule is NCC1CCCC1C(=O)Nc1ccccc1-n1cncn1. The Bertz CT molecular complexity index is 610. The van der Waals surface area contributed by atoms with E-state index >= 15 is 0 Å². The smallest absolute Gasteiger partial charge is 0.227 e. The minimum absolute atomic E-state index is 0.0128. The van der Waals surface area contributed by atoms with Crippen LogP contribution in [-0.2, 0) is 4.79 Å². The lowest BCUT2D eigenvalue weighted by atomic mass is 9.95. The lowest BCUT2D eigenvalue weighted by Gasteiger charge is -2.18. The normalized spacial score (nSPS) is 21.4. The number of amides is 1. The van der Waals surface area contributed by atoms with E-state index in [1.54, 1.807) is 11.0 Å². The summed E-state index contributed by atoms with van der Waals surface area (Å²) in [5.74, 6) is 0.359. The van der Waals surface area contributed by atoms with Crippen molar-refractivity contribution in [2.75, 3.05) is 11.9 Å². The number of carbonyl (C=O) groups excluding carboxylic acids is 1. The lowest BCUT2D eigenvalue weighted by Crippen LogP contribution is -2.30. The minimum Gasteiger partial charge on any atom is -0.330 e. The van der Waals surface area contributed by atoms with E-state index in [9.17, 15) is 4.79 Å². The van der Waals surface area contributed by atoms with Crippen LogP contribution in [0.2, 0.25) is 0 Å². The molecule has 2 unspecified atom stereocenters. The molecule has 1 amide bonds. The van der Waals surface area contributed by atoms with E-state index in [4.69, 9.17) is 5.73 Å². The van der Waals surface area contributed by atoms with E-state index < -0.39 is 0 Å². The van der Waals surface area contributed by atoms with Crippen LogP contribution in [0.4, 0.5) is 5.69 Å².